The van der Waals surface area contributed by atoms with Gasteiger partial charge in [-0.25, -0.2) is 0 Å². The molecule has 1 aliphatic heterocycles. The van der Waals surface area contributed by atoms with Gasteiger partial charge in [0, 0.05) is 23.2 Å². The van der Waals surface area contributed by atoms with E-state index in [2.05, 4.69) is 5.32 Å². The van der Waals surface area contributed by atoms with Crippen molar-refractivity contribution in [2.75, 3.05) is 11.1 Å². The Hall–Kier alpha value is -2.20. The number of carbonyl (C=O) groups is 1. The van der Waals surface area contributed by atoms with Gasteiger partial charge in [0.2, 0.25) is 0 Å². The van der Waals surface area contributed by atoms with Gasteiger partial charge in [0.25, 0.3) is 5.91 Å². The summed E-state index contributed by atoms with van der Waals surface area (Å²) in [5.41, 5.74) is 7.92. The van der Waals surface area contributed by atoms with E-state index in [1.54, 1.807) is 24.3 Å². The van der Waals surface area contributed by atoms with E-state index in [1.807, 2.05) is 18.2 Å². The fraction of sp³-hybridized carbons (Fsp3) is 0.133. The van der Waals surface area contributed by atoms with Crippen LogP contribution in [0.15, 0.2) is 42.5 Å². The fourth-order valence-corrected chi connectivity index (χ4v) is 2.38. The van der Waals surface area contributed by atoms with Crippen molar-refractivity contribution in [3.05, 3.63) is 53.1 Å². The molecule has 0 aromatic heterocycles. The average Bonchev–Trinajstić information content (AvgIpc) is 2.40. The minimum atomic E-state index is -0.581. The third-order valence-corrected chi connectivity index (χ3v) is 3.37. The number of nitrogen functional groups attached to an aromatic ring is 1. The first-order chi connectivity index (χ1) is 9.61. The van der Waals surface area contributed by atoms with Crippen molar-refractivity contribution < 1.29 is 9.53 Å². The molecule has 0 spiro atoms. The van der Waals surface area contributed by atoms with Gasteiger partial charge in [0.05, 0.1) is 5.69 Å². The van der Waals surface area contributed by atoms with Gasteiger partial charge >= 0.3 is 0 Å². The number of ether oxygens (including phenoxy) is 1. The molecular weight excluding hydrogens is 276 g/mol. The zero-order chi connectivity index (χ0) is 14.1. The summed E-state index contributed by atoms with van der Waals surface area (Å²) >= 11 is 5.94. The Kier molecular flexibility index (Phi) is 3.24. The van der Waals surface area contributed by atoms with Gasteiger partial charge in [0.1, 0.15) is 5.75 Å². The molecule has 1 heterocycles. The molecule has 1 unspecified atom stereocenters. The van der Waals surface area contributed by atoms with E-state index in [4.69, 9.17) is 22.1 Å². The number of carbonyl (C=O) groups excluding carboxylic acids is 1. The molecule has 0 saturated carbocycles. The minimum absolute atomic E-state index is 0.165. The van der Waals surface area contributed by atoms with E-state index < -0.39 is 6.10 Å². The van der Waals surface area contributed by atoms with Crippen LogP contribution in [0.3, 0.4) is 0 Å². The molecule has 2 aromatic carbocycles. The quantitative estimate of drug-likeness (QED) is 0.835. The first-order valence-corrected chi connectivity index (χ1v) is 6.61. The number of halogens is 1. The smallest absolute Gasteiger partial charge is 0.265 e. The van der Waals surface area contributed by atoms with Gasteiger partial charge < -0.3 is 15.8 Å². The monoisotopic (exact) mass is 288 g/mol. The molecule has 0 fully saturated rings. The Morgan fingerprint density at radius 2 is 2.10 bits per heavy atom. The number of hydrogen-bond acceptors (Lipinski definition) is 3. The SMILES string of the molecule is Nc1ccc2c(c1)OC(Cc1cccc(Cl)c1)C(=O)N2. The van der Waals surface area contributed by atoms with Crippen LogP contribution in [-0.4, -0.2) is 12.0 Å². The van der Waals surface area contributed by atoms with Crippen molar-refractivity contribution in [1.82, 2.24) is 0 Å². The van der Waals surface area contributed by atoms with Crippen molar-refractivity contribution >= 4 is 28.9 Å². The third kappa shape index (κ3) is 2.56. The highest BCUT2D eigenvalue weighted by Crippen LogP contribution is 2.32. The van der Waals surface area contributed by atoms with Crippen LogP contribution in [0.4, 0.5) is 11.4 Å². The molecule has 0 bridgehead atoms. The number of nitrogens with one attached hydrogen (secondary N) is 1. The van der Waals surface area contributed by atoms with Crippen LogP contribution in [-0.2, 0) is 11.2 Å². The van der Waals surface area contributed by atoms with E-state index in [9.17, 15) is 4.79 Å². The molecule has 20 heavy (non-hydrogen) atoms. The van der Waals surface area contributed by atoms with Crippen LogP contribution in [0.1, 0.15) is 5.56 Å². The highest BCUT2D eigenvalue weighted by molar-refractivity contribution is 6.30. The van der Waals surface area contributed by atoms with Crippen molar-refractivity contribution in [3.8, 4) is 5.75 Å². The van der Waals surface area contributed by atoms with Gasteiger partial charge in [0.15, 0.2) is 6.10 Å². The highest BCUT2D eigenvalue weighted by atomic mass is 35.5. The van der Waals surface area contributed by atoms with Crippen LogP contribution in [0.5, 0.6) is 5.75 Å². The lowest BCUT2D eigenvalue weighted by Crippen LogP contribution is -2.38. The Balaban J connectivity index is 1.83. The van der Waals surface area contributed by atoms with Crippen LogP contribution in [0, 0.1) is 0 Å². The van der Waals surface area contributed by atoms with Gasteiger partial charge in [-0.2, -0.15) is 0 Å². The number of anilines is 2. The summed E-state index contributed by atoms with van der Waals surface area (Å²) in [6, 6.07) is 12.6. The second-order valence-electron chi connectivity index (χ2n) is 4.69. The molecule has 3 rings (SSSR count). The van der Waals surface area contributed by atoms with E-state index in [-0.39, 0.29) is 5.91 Å². The van der Waals surface area contributed by atoms with Crippen LogP contribution in [0.25, 0.3) is 0 Å². The lowest BCUT2D eigenvalue weighted by atomic mass is 10.1. The Morgan fingerprint density at radius 3 is 2.90 bits per heavy atom. The summed E-state index contributed by atoms with van der Waals surface area (Å²) in [7, 11) is 0. The second-order valence-corrected chi connectivity index (χ2v) is 5.12. The van der Waals surface area contributed by atoms with E-state index in [1.165, 1.54) is 0 Å². The van der Waals surface area contributed by atoms with Gasteiger partial charge in [-0.15, -0.1) is 0 Å². The number of rotatable bonds is 2. The predicted octanol–water partition coefficient (Wildman–Crippen LogP) is 2.86. The van der Waals surface area contributed by atoms with Crippen molar-refractivity contribution in [3.63, 3.8) is 0 Å². The summed E-state index contributed by atoms with van der Waals surface area (Å²) in [5.74, 6) is 0.430. The van der Waals surface area contributed by atoms with Gasteiger partial charge in [-0.05, 0) is 29.8 Å². The average molecular weight is 289 g/mol. The summed E-state index contributed by atoms with van der Waals surface area (Å²) in [4.78, 5) is 12.0. The maximum atomic E-state index is 12.0. The standard InChI is InChI=1S/C15H13ClN2O2/c16-10-3-1-2-9(6-10)7-14-15(19)18-12-5-4-11(17)8-13(12)20-14/h1-6,8,14H,7,17H2,(H,18,19). The maximum Gasteiger partial charge on any atom is 0.265 e. The molecule has 102 valence electrons. The van der Waals surface area contributed by atoms with Crippen LogP contribution < -0.4 is 15.8 Å². The summed E-state index contributed by atoms with van der Waals surface area (Å²) < 4.78 is 5.73. The third-order valence-electron chi connectivity index (χ3n) is 3.14. The molecule has 5 heteroatoms. The van der Waals surface area contributed by atoms with Gasteiger partial charge in [-0.3, -0.25) is 4.79 Å². The largest absolute Gasteiger partial charge is 0.478 e. The number of hydrogen-bond donors (Lipinski definition) is 2. The highest BCUT2D eigenvalue weighted by Gasteiger charge is 2.27. The van der Waals surface area contributed by atoms with E-state index in [0.717, 1.165) is 5.56 Å². The first-order valence-electron chi connectivity index (χ1n) is 6.23. The number of amides is 1. The summed E-state index contributed by atoms with van der Waals surface area (Å²) in [6.07, 6.45) is -0.122. The van der Waals surface area contributed by atoms with Crippen LogP contribution >= 0.6 is 11.6 Å². The molecule has 2 aromatic rings. The Labute approximate surface area is 121 Å². The van der Waals surface area contributed by atoms with Crippen molar-refractivity contribution in [2.45, 2.75) is 12.5 Å². The first kappa shape index (κ1) is 12.8. The molecule has 3 N–H and O–H groups in total. The molecule has 0 saturated heterocycles. The van der Waals surface area contributed by atoms with Crippen molar-refractivity contribution in [2.24, 2.45) is 0 Å². The van der Waals surface area contributed by atoms with E-state index >= 15 is 0 Å². The Morgan fingerprint density at radius 1 is 1.25 bits per heavy atom. The molecule has 0 radical (unpaired) electrons. The Bertz CT molecular complexity index is 673. The molecule has 4 nitrogen and oxygen atoms in total. The molecule has 0 aliphatic carbocycles. The molecular formula is C15H13ClN2O2. The summed E-state index contributed by atoms with van der Waals surface area (Å²) in [6.45, 7) is 0. The lowest BCUT2D eigenvalue weighted by molar-refractivity contribution is -0.123. The topological polar surface area (TPSA) is 64.3 Å². The zero-order valence-corrected chi connectivity index (χ0v) is 11.4. The maximum absolute atomic E-state index is 12.0. The number of nitrogens with two attached hydrogens (primary N) is 1. The van der Waals surface area contributed by atoms with Gasteiger partial charge in [-0.1, -0.05) is 23.7 Å². The lowest BCUT2D eigenvalue weighted by Gasteiger charge is -2.26. The summed E-state index contributed by atoms with van der Waals surface area (Å²) in [5, 5.41) is 3.46. The minimum Gasteiger partial charge on any atom is -0.478 e. The number of fused-ring (bicyclic) bond motifs is 1. The van der Waals surface area contributed by atoms with E-state index in [0.29, 0.717) is 28.6 Å². The second kappa shape index (κ2) is 5.06. The fourth-order valence-electron chi connectivity index (χ4n) is 2.17. The van der Waals surface area contributed by atoms with Crippen LogP contribution in [0.2, 0.25) is 5.02 Å². The normalized spacial score (nSPS) is 17.1. The molecule has 1 aliphatic rings. The predicted molar refractivity (Wildman–Crippen MR) is 79.1 cm³/mol. The molecule has 1 atom stereocenters. The zero-order valence-electron chi connectivity index (χ0n) is 10.6. The van der Waals surface area contributed by atoms with Crippen molar-refractivity contribution in [1.29, 1.82) is 0 Å². The number of benzene rings is 2. The molecule has 1 amide bonds.